The Hall–Kier alpha value is -2.25. The van der Waals surface area contributed by atoms with E-state index in [0.29, 0.717) is 5.75 Å². The van der Waals surface area contributed by atoms with E-state index in [-0.39, 0.29) is 18.1 Å². The molecule has 6 atom stereocenters. The number of aromatic nitrogens is 2. The van der Waals surface area contributed by atoms with Crippen molar-refractivity contribution >= 4 is 24.2 Å². The molecule has 204 valence electrons. The van der Waals surface area contributed by atoms with Crippen LogP contribution in [0.15, 0.2) is 52.2 Å². The van der Waals surface area contributed by atoms with Gasteiger partial charge < -0.3 is 24.0 Å². The molecule has 37 heavy (non-hydrogen) atoms. The van der Waals surface area contributed by atoms with Gasteiger partial charge in [-0.25, -0.2) is 14.3 Å². The average Bonchev–Trinajstić information content (AvgIpc) is 2.98. The molecule has 0 radical (unpaired) electrons. The van der Waals surface area contributed by atoms with Crippen molar-refractivity contribution in [2.24, 2.45) is 5.92 Å². The molecular formula is C23H31FN3O8PS. The fourth-order valence-corrected chi connectivity index (χ4v) is 6.21. The zero-order valence-corrected chi connectivity index (χ0v) is 22.5. The molecule has 3 rings (SSSR count). The van der Waals surface area contributed by atoms with Gasteiger partial charge >= 0.3 is 12.3 Å². The zero-order chi connectivity index (χ0) is 27.6. The van der Waals surface area contributed by atoms with E-state index in [1.54, 1.807) is 37.3 Å². The Morgan fingerprint density at radius 2 is 1.95 bits per heavy atom. The second-order valence-corrected chi connectivity index (χ2v) is 12.6. The van der Waals surface area contributed by atoms with Gasteiger partial charge in [-0.1, -0.05) is 32.0 Å². The Morgan fingerprint density at radius 3 is 2.54 bits per heavy atom. The molecule has 1 aliphatic heterocycles. The van der Waals surface area contributed by atoms with Crippen LogP contribution in [0.5, 0.6) is 5.75 Å². The van der Waals surface area contributed by atoms with Crippen LogP contribution in [0.1, 0.15) is 40.3 Å². The number of hydrogen-bond acceptors (Lipinski definition) is 9. The van der Waals surface area contributed by atoms with E-state index in [9.17, 15) is 24.6 Å². The van der Waals surface area contributed by atoms with E-state index in [1.807, 2.05) is 18.8 Å². The SMILES string of the molecule is CC(C)CC(=O)[C@H](C)NP(=S)(OC[C@@]1(F)O[C@@H](n2ccc(=O)[nH]c2=O)[C@](C)(O)[C@@H]1O)Oc1ccccc1. The molecule has 0 aliphatic carbocycles. The van der Waals surface area contributed by atoms with Crippen LogP contribution in [0.2, 0.25) is 0 Å². The Morgan fingerprint density at radius 1 is 1.30 bits per heavy atom. The Kier molecular flexibility index (Phi) is 8.90. The monoisotopic (exact) mass is 559 g/mol. The topological polar surface area (TPSA) is 152 Å². The summed E-state index contributed by atoms with van der Waals surface area (Å²) in [5.41, 5.74) is -4.00. The number of ether oxygens (including phenoxy) is 1. The quantitative estimate of drug-likeness (QED) is 0.300. The van der Waals surface area contributed by atoms with Crippen molar-refractivity contribution < 1.29 is 33.2 Å². The molecular weight excluding hydrogens is 528 g/mol. The smallest absolute Gasteiger partial charge is 0.330 e. The van der Waals surface area contributed by atoms with Gasteiger partial charge in [-0.2, -0.15) is 0 Å². The molecule has 14 heteroatoms. The number of aromatic amines is 1. The highest BCUT2D eigenvalue weighted by Crippen LogP contribution is 2.50. The van der Waals surface area contributed by atoms with Gasteiger partial charge in [0, 0.05) is 18.7 Å². The van der Waals surface area contributed by atoms with Crippen molar-refractivity contribution in [1.82, 2.24) is 14.6 Å². The third-order valence-electron chi connectivity index (χ3n) is 5.72. The van der Waals surface area contributed by atoms with Crippen LogP contribution in [-0.2, 0) is 25.9 Å². The van der Waals surface area contributed by atoms with Crippen LogP contribution < -0.4 is 20.9 Å². The number of aliphatic hydroxyl groups excluding tert-OH is 1. The zero-order valence-electron chi connectivity index (χ0n) is 20.8. The Labute approximate surface area is 217 Å². The maximum Gasteiger partial charge on any atom is 0.330 e. The number of halogens is 1. The lowest BCUT2D eigenvalue weighted by atomic mass is 9.95. The molecule has 1 unspecified atom stereocenters. The fraction of sp³-hybridized carbons (Fsp3) is 0.522. The molecule has 11 nitrogen and oxygen atoms in total. The summed E-state index contributed by atoms with van der Waals surface area (Å²) in [6.45, 7) is 1.79. The number of rotatable bonds is 11. The number of hydrogen-bond donors (Lipinski definition) is 4. The van der Waals surface area contributed by atoms with Gasteiger partial charge in [0.2, 0.25) is 0 Å². The van der Waals surface area contributed by atoms with Crippen molar-refractivity contribution in [2.45, 2.75) is 63.9 Å². The van der Waals surface area contributed by atoms with E-state index in [2.05, 4.69) is 5.09 Å². The number of Topliss-reactive ketones (excluding diaryl/α,β-unsaturated/α-hetero) is 1. The molecule has 0 amide bonds. The van der Waals surface area contributed by atoms with E-state index < -0.39 is 54.3 Å². The lowest BCUT2D eigenvalue weighted by Crippen LogP contribution is -2.50. The van der Waals surface area contributed by atoms with Crippen molar-refractivity contribution in [3.8, 4) is 5.75 Å². The summed E-state index contributed by atoms with van der Waals surface area (Å²) in [7, 11) is 0. The highest BCUT2D eigenvalue weighted by Gasteiger charge is 2.63. The van der Waals surface area contributed by atoms with Gasteiger partial charge in [0.15, 0.2) is 6.23 Å². The van der Waals surface area contributed by atoms with Gasteiger partial charge in [-0.15, -0.1) is 0 Å². The number of nitrogens with one attached hydrogen (secondary N) is 2. The highest BCUT2D eigenvalue weighted by atomic mass is 32.5. The number of aliphatic hydroxyl groups is 2. The summed E-state index contributed by atoms with van der Waals surface area (Å²) in [5.74, 6) is -2.80. The predicted molar refractivity (Wildman–Crippen MR) is 136 cm³/mol. The maximum absolute atomic E-state index is 16.0. The van der Waals surface area contributed by atoms with Gasteiger partial charge in [-0.3, -0.25) is 19.1 Å². The van der Waals surface area contributed by atoms with Crippen LogP contribution in [0.4, 0.5) is 4.39 Å². The van der Waals surface area contributed by atoms with Gasteiger partial charge in [-0.05, 0) is 43.7 Å². The molecule has 4 N–H and O–H groups in total. The molecule has 2 aromatic rings. The number of ketones is 1. The standard InChI is InChI=1S/C23H31FN3O8PS/c1-14(2)12-17(28)15(3)26-36(37,35-16-8-6-5-7-9-16)33-13-23(24)19(30)22(4,32)20(34-23)27-11-10-18(29)25-21(27)31/h5-11,14-15,19-20,30,32H,12-13H2,1-4H3,(H,26,37)(H,25,29,31)/t15-,19-,20+,22+,23+,36?/m0/s1. The molecule has 0 spiro atoms. The fourth-order valence-electron chi connectivity index (χ4n) is 3.78. The second kappa shape index (κ2) is 11.2. The van der Waals surface area contributed by atoms with Crippen LogP contribution in [0.3, 0.4) is 0 Å². The first-order chi connectivity index (χ1) is 17.2. The summed E-state index contributed by atoms with van der Waals surface area (Å²) in [5, 5.41) is 24.3. The second-order valence-electron chi connectivity index (χ2n) is 9.49. The molecule has 1 saturated heterocycles. The van der Waals surface area contributed by atoms with Gasteiger partial charge in [0.25, 0.3) is 11.4 Å². The van der Waals surface area contributed by atoms with E-state index in [0.717, 1.165) is 23.8 Å². The lowest BCUT2D eigenvalue weighted by molar-refractivity contribution is -0.203. The summed E-state index contributed by atoms with van der Waals surface area (Å²) in [4.78, 5) is 38.2. The summed E-state index contributed by atoms with van der Waals surface area (Å²) >= 11 is 5.57. The third-order valence-corrected chi connectivity index (χ3v) is 8.20. The van der Waals surface area contributed by atoms with Crippen molar-refractivity contribution in [1.29, 1.82) is 0 Å². The summed E-state index contributed by atoms with van der Waals surface area (Å²) < 4.78 is 33.5. The van der Waals surface area contributed by atoms with Crippen molar-refractivity contribution in [2.75, 3.05) is 6.61 Å². The highest BCUT2D eigenvalue weighted by molar-refractivity contribution is 8.09. The minimum atomic E-state index is -3.63. The largest absolute Gasteiger partial charge is 0.433 e. The van der Waals surface area contributed by atoms with E-state index >= 15 is 4.39 Å². The molecule has 1 aliphatic rings. The normalized spacial score (nSPS) is 28.1. The third kappa shape index (κ3) is 6.80. The number of alkyl halides is 1. The van der Waals surface area contributed by atoms with E-state index in [4.69, 9.17) is 25.6 Å². The van der Waals surface area contributed by atoms with Crippen LogP contribution in [0, 0.1) is 5.92 Å². The molecule has 1 aromatic heterocycles. The average molecular weight is 560 g/mol. The number of para-hydroxylation sites is 1. The predicted octanol–water partition coefficient (Wildman–Crippen LogP) is 1.76. The first kappa shape index (κ1) is 29.3. The number of carbonyl (C=O) groups excluding carboxylic acids is 1. The molecule has 0 saturated carbocycles. The Balaban J connectivity index is 1.86. The minimum Gasteiger partial charge on any atom is -0.433 e. The first-order valence-corrected chi connectivity index (χ1v) is 14.2. The minimum absolute atomic E-state index is 0.0946. The maximum atomic E-state index is 16.0. The molecule has 2 heterocycles. The number of carbonyl (C=O) groups is 1. The Bertz CT molecular complexity index is 1270. The lowest BCUT2D eigenvalue weighted by Gasteiger charge is -2.31. The molecule has 0 bridgehead atoms. The molecule has 1 aromatic carbocycles. The van der Waals surface area contributed by atoms with E-state index in [1.165, 1.54) is 0 Å². The number of benzene rings is 1. The van der Waals surface area contributed by atoms with Crippen molar-refractivity contribution in [3.63, 3.8) is 0 Å². The summed E-state index contributed by atoms with van der Waals surface area (Å²) in [6, 6.07) is 8.51. The number of nitrogens with zero attached hydrogens (tertiary/aromatic N) is 1. The van der Waals surface area contributed by atoms with Crippen molar-refractivity contribution in [3.05, 3.63) is 63.4 Å². The van der Waals surface area contributed by atoms with Crippen LogP contribution >= 0.6 is 6.64 Å². The van der Waals surface area contributed by atoms with Crippen LogP contribution in [0.25, 0.3) is 0 Å². The van der Waals surface area contributed by atoms with Crippen LogP contribution in [-0.4, -0.2) is 55.8 Å². The number of H-pyrrole nitrogens is 1. The van der Waals surface area contributed by atoms with Gasteiger partial charge in [0.05, 0.1) is 6.04 Å². The molecule has 1 fully saturated rings. The first-order valence-electron chi connectivity index (χ1n) is 11.6. The summed E-state index contributed by atoms with van der Waals surface area (Å²) in [6.07, 6.45) is -2.63. The van der Waals surface area contributed by atoms with Gasteiger partial charge in [0.1, 0.15) is 29.8 Å².